The average Bonchev–Trinajstić information content (AvgIpc) is 3.49. The number of halogens is 1. The number of benzene rings is 2. The lowest BCUT2D eigenvalue weighted by atomic mass is 9.75. The predicted octanol–water partition coefficient (Wildman–Crippen LogP) is 6.16. The quantitative estimate of drug-likeness (QED) is 0.470. The van der Waals surface area contributed by atoms with Gasteiger partial charge in [0.1, 0.15) is 6.54 Å². The van der Waals surface area contributed by atoms with E-state index in [1.54, 1.807) is 4.57 Å². The zero-order chi connectivity index (χ0) is 22.7. The minimum Gasteiger partial charge on any atom is -0.325 e. The molecular formula is C26H25ClN2O2S2. The van der Waals surface area contributed by atoms with Gasteiger partial charge in [-0.1, -0.05) is 52.8 Å². The molecule has 2 saturated carbocycles. The molecule has 1 amide bonds. The Morgan fingerprint density at radius 1 is 1.09 bits per heavy atom. The summed E-state index contributed by atoms with van der Waals surface area (Å²) in [6.07, 6.45) is 3.86. The number of fused-ring (bicyclic) bond motifs is 6. The molecule has 5 unspecified atom stereocenters. The maximum absolute atomic E-state index is 13.1. The fourth-order valence-corrected chi connectivity index (χ4v) is 9.39. The molecule has 7 heteroatoms. The van der Waals surface area contributed by atoms with Crippen LogP contribution in [-0.4, -0.2) is 15.7 Å². The van der Waals surface area contributed by atoms with Crippen molar-refractivity contribution < 1.29 is 4.79 Å². The monoisotopic (exact) mass is 496 g/mol. The molecule has 1 aromatic heterocycles. The first-order chi connectivity index (χ1) is 16.0. The molecule has 2 bridgehead atoms. The number of thiazole rings is 1. The number of rotatable bonds is 4. The smallest absolute Gasteiger partial charge is 0.308 e. The second kappa shape index (κ2) is 8.33. The first-order valence-electron chi connectivity index (χ1n) is 11.5. The van der Waals surface area contributed by atoms with Gasteiger partial charge in [0.05, 0.1) is 5.03 Å². The van der Waals surface area contributed by atoms with E-state index >= 15 is 0 Å². The second-order valence-corrected chi connectivity index (χ2v) is 12.2. The Morgan fingerprint density at radius 2 is 1.82 bits per heavy atom. The van der Waals surface area contributed by atoms with Crippen LogP contribution in [0.5, 0.6) is 0 Å². The van der Waals surface area contributed by atoms with Crippen LogP contribution in [0.2, 0.25) is 5.02 Å². The number of thioether (sulfide) groups is 1. The van der Waals surface area contributed by atoms with Crippen LogP contribution in [0.25, 0.3) is 0 Å². The molecule has 2 aromatic carbocycles. The molecule has 2 fully saturated rings. The van der Waals surface area contributed by atoms with Crippen LogP contribution in [0.3, 0.4) is 0 Å². The lowest BCUT2D eigenvalue weighted by molar-refractivity contribution is -0.116. The summed E-state index contributed by atoms with van der Waals surface area (Å²) in [4.78, 5) is 27.1. The lowest BCUT2D eigenvalue weighted by Gasteiger charge is -2.40. The van der Waals surface area contributed by atoms with E-state index < -0.39 is 0 Å². The summed E-state index contributed by atoms with van der Waals surface area (Å²) in [5.74, 6) is 2.02. The molecule has 170 valence electrons. The SMILES string of the molecule is Cc1ccc(NC(=O)Cn2c3c(sc2=O)C(c2ccc(Cl)cc2)C2C4CCC(C4)C2S3)cc1. The van der Waals surface area contributed by atoms with E-state index in [9.17, 15) is 9.59 Å². The largest absolute Gasteiger partial charge is 0.325 e. The molecule has 2 heterocycles. The van der Waals surface area contributed by atoms with Gasteiger partial charge in [-0.05, 0) is 73.8 Å². The Hall–Kier alpha value is -2.02. The minimum absolute atomic E-state index is 0.0437. The number of hydrogen-bond donors (Lipinski definition) is 1. The van der Waals surface area contributed by atoms with Gasteiger partial charge in [-0.3, -0.25) is 14.2 Å². The highest BCUT2D eigenvalue weighted by Gasteiger charge is 2.55. The Balaban J connectivity index is 1.36. The van der Waals surface area contributed by atoms with Crippen molar-refractivity contribution in [3.05, 3.63) is 79.2 Å². The van der Waals surface area contributed by atoms with Gasteiger partial charge in [0.25, 0.3) is 0 Å². The number of carbonyl (C=O) groups excluding carboxylic acids is 1. The molecule has 0 saturated heterocycles. The Labute approximate surface area is 206 Å². The predicted molar refractivity (Wildman–Crippen MR) is 136 cm³/mol. The standard InChI is InChI=1S/C26H25ClN2O2S2/c1-14-2-10-19(11-3-14)28-20(30)13-29-25-24(33-26(29)31)21(15-6-8-18(27)9-7-15)22-16-4-5-17(12-16)23(22)32-25/h2-3,6-11,16-17,21-23H,4-5,12-13H2,1H3,(H,28,30). The number of anilines is 1. The van der Waals surface area contributed by atoms with Crippen LogP contribution in [0.1, 0.15) is 41.2 Å². The molecule has 33 heavy (non-hydrogen) atoms. The number of nitrogens with one attached hydrogen (secondary N) is 1. The number of hydrogen-bond acceptors (Lipinski definition) is 4. The maximum Gasteiger partial charge on any atom is 0.308 e. The van der Waals surface area contributed by atoms with Gasteiger partial charge >= 0.3 is 4.87 Å². The molecule has 2 aliphatic carbocycles. The van der Waals surface area contributed by atoms with Gasteiger partial charge in [-0.2, -0.15) is 0 Å². The zero-order valence-corrected chi connectivity index (χ0v) is 20.7. The molecule has 3 aromatic rings. The van der Waals surface area contributed by atoms with Crippen molar-refractivity contribution in [1.29, 1.82) is 0 Å². The summed E-state index contributed by atoms with van der Waals surface area (Å²) in [6.45, 7) is 2.06. The van der Waals surface area contributed by atoms with Crippen molar-refractivity contribution in [2.75, 3.05) is 5.32 Å². The normalized spacial score (nSPS) is 27.3. The summed E-state index contributed by atoms with van der Waals surface area (Å²) in [6, 6.07) is 15.9. The fraction of sp³-hybridized carbons (Fsp3) is 0.385. The second-order valence-electron chi connectivity index (χ2n) is 9.56. The minimum atomic E-state index is -0.166. The third kappa shape index (κ3) is 3.76. The molecule has 4 nitrogen and oxygen atoms in total. The van der Waals surface area contributed by atoms with E-state index in [2.05, 4.69) is 17.4 Å². The molecule has 0 spiro atoms. The molecule has 1 N–H and O–H groups in total. The summed E-state index contributed by atoms with van der Waals surface area (Å²) in [5.41, 5.74) is 3.13. The molecule has 3 aliphatic rings. The lowest BCUT2D eigenvalue weighted by Crippen LogP contribution is -2.34. The van der Waals surface area contributed by atoms with Gasteiger partial charge < -0.3 is 5.32 Å². The Bertz CT molecular complexity index is 1260. The summed E-state index contributed by atoms with van der Waals surface area (Å²) < 4.78 is 1.71. The zero-order valence-electron chi connectivity index (χ0n) is 18.3. The van der Waals surface area contributed by atoms with Crippen molar-refractivity contribution in [3.8, 4) is 0 Å². The van der Waals surface area contributed by atoms with E-state index in [0.29, 0.717) is 17.1 Å². The molecular weight excluding hydrogens is 472 g/mol. The van der Waals surface area contributed by atoms with E-state index in [1.165, 1.54) is 36.2 Å². The van der Waals surface area contributed by atoms with Crippen molar-refractivity contribution in [2.24, 2.45) is 17.8 Å². The van der Waals surface area contributed by atoms with Gasteiger partial charge in [0.2, 0.25) is 5.91 Å². The van der Waals surface area contributed by atoms with Crippen LogP contribution in [0.15, 0.2) is 58.4 Å². The van der Waals surface area contributed by atoms with Crippen LogP contribution in [0, 0.1) is 24.7 Å². The van der Waals surface area contributed by atoms with E-state index in [4.69, 9.17) is 11.6 Å². The fourth-order valence-electron chi connectivity index (χ4n) is 6.11. The van der Waals surface area contributed by atoms with Gasteiger partial charge in [0, 0.05) is 26.8 Å². The first-order valence-corrected chi connectivity index (χ1v) is 13.6. The van der Waals surface area contributed by atoms with Crippen LogP contribution < -0.4 is 10.2 Å². The maximum atomic E-state index is 13.1. The molecule has 5 atom stereocenters. The highest BCUT2D eigenvalue weighted by atomic mass is 35.5. The number of amides is 1. The van der Waals surface area contributed by atoms with E-state index in [-0.39, 0.29) is 23.2 Å². The topological polar surface area (TPSA) is 51.1 Å². The van der Waals surface area contributed by atoms with Crippen LogP contribution in [-0.2, 0) is 11.3 Å². The van der Waals surface area contributed by atoms with Crippen LogP contribution >= 0.6 is 34.7 Å². The van der Waals surface area contributed by atoms with Crippen molar-refractivity contribution in [1.82, 2.24) is 4.57 Å². The number of nitrogens with zero attached hydrogens (tertiary/aromatic N) is 1. The summed E-state index contributed by atoms with van der Waals surface area (Å²) in [5, 5.41) is 5.18. The third-order valence-corrected chi connectivity index (χ3v) is 10.6. The summed E-state index contributed by atoms with van der Waals surface area (Å²) in [7, 11) is 0. The van der Waals surface area contributed by atoms with Crippen molar-refractivity contribution >= 4 is 46.3 Å². The van der Waals surface area contributed by atoms with Gasteiger partial charge in [-0.25, -0.2) is 0 Å². The molecule has 0 radical (unpaired) electrons. The molecule has 6 rings (SSSR count). The van der Waals surface area contributed by atoms with Crippen molar-refractivity contribution in [2.45, 2.75) is 48.9 Å². The Kier molecular flexibility index (Phi) is 5.43. The number of aryl methyl sites for hydroxylation is 1. The van der Waals surface area contributed by atoms with E-state index in [1.807, 2.05) is 55.1 Å². The van der Waals surface area contributed by atoms with E-state index in [0.717, 1.165) is 32.1 Å². The number of carbonyl (C=O) groups is 1. The van der Waals surface area contributed by atoms with Crippen LogP contribution in [0.4, 0.5) is 5.69 Å². The highest BCUT2D eigenvalue weighted by Crippen LogP contribution is 2.64. The van der Waals surface area contributed by atoms with Crippen molar-refractivity contribution in [3.63, 3.8) is 0 Å². The average molecular weight is 497 g/mol. The first kappa shape index (κ1) is 21.5. The Morgan fingerprint density at radius 3 is 2.58 bits per heavy atom. The van der Waals surface area contributed by atoms with Gasteiger partial charge in [0.15, 0.2) is 0 Å². The number of aromatic nitrogens is 1. The van der Waals surface area contributed by atoms with Gasteiger partial charge in [-0.15, -0.1) is 11.8 Å². The molecule has 1 aliphatic heterocycles. The highest BCUT2D eigenvalue weighted by molar-refractivity contribution is 8.00. The summed E-state index contributed by atoms with van der Waals surface area (Å²) >= 11 is 9.37. The third-order valence-electron chi connectivity index (χ3n) is 7.56.